The van der Waals surface area contributed by atoms with Gasteiger partial charge in [0.05, 0.1) is 6.10 Å². The third kappa shape index (κ3) is 4.03. The van der Waals surface area contributed by atoms with Gasteiger partial charge in [0.15, 0.2) is 0 Å². The minimum atomic E-state index is -1.79. The maximum atomic E-state index is 6.91. The Morgan fingerprint density at radius 2 is 1.40 bits per heavy atom. The van der Waals surface area contributed by atoms with Crippen LogP contribution < -0.4 is 21.8 Å². The van der Waals surface area contributed by atoms with Crippen molar-refractivity contribution in [2.24, 2.45) is 22.8 Å². The van der Waals surface area contributed by atoms with Crippen molar-refractivity contribution in [2.75, 3.05) is 0 Å². The van der Waals surface area contributed by atoms with Gasteiger partial charge in [0.25, 0.3) is 0 Å². The second kappa shape index (κ2) is 7.42. The lowest BCUT2D eigenvalue weighted by Crippen LogP contribution is -2.65. The lowest BCUT2D eigenvalue weighted by Gasteiger charge is -2.50. The number of rotatable bonds is 5. The van der Waals surface area contributed by atoms with Crippen LogP contribution in [0.2, 0.25) is 0 Å². The zero-order valence-corrected chi connectivity index (χ0v) is 16.6. The summed E-state index contributed by atoms with van der Waals surface area (Å²) in [7, 11) is -1.79. The summed E-state index contributed by atoms with van der Waals surface area (Å²) >= 11 is 0. The molecule has 0 heterocycles. The molecule has 3 rings (SSSR count). The molecule has 4 heteroatoms. The molecule has 2 aromatic rings. The average Bonchev–Trinajstić information content (AvgIpc) is 2.61. The lowest BCUT2D eigenvalue weighted by atomic mass is 9.66. The zero-order chi connectivity index (χ0) is 18.0. The van der Waals surface area contributed by atoms with E-state index >= 15 is 0 Å². The van der Waals surface area contributed by atoms with E-state index in [4.69, 9.17) is 15.9 Å². The molecule has 0 amide bonds. The van der Waals surface area contributed by atoms with Gasteiger partial charge in [-0.05, 0) is 22.2 Å². The Kier molecular flexibility index (Phi) is 5.44. The normalized spacial score (nSPS) is 24.8. The van der Waals surface area contributed by atoms with Crippen LogP contribution in [-0.2, 0) is 4.43 Å². The van der Waals surface area contributed by atoms with Gasteiger partial charge >= 0.3 is 0 Å². The van der Waals surface area contributed by atoms with E-state index in [-0.39, 0.29) is 23.6 Å². The molecule has 1 aliphatic carbocycles. The van der Waals surface area contributed by atoms with Crippen molar-refractivity contribution in [2.45, 2.75) is 45.4 Å². The summed E-state index contributed by atoms with van der Waals surface area (Å²) < 4.78 is 6.91. The van der Waals surface area contributed by atoms with Crippen LogP contribution in [0.5, 0.6) is 0 Å². The van der Waals surface area contributed by atoms with Crippen molar-refractivity contribution in [1.82, 2.24) is 0 Å². The van der Waals surface area contributed by atoms with Crippen LogP contribution in [0.3, 0.4) is 0 Å². The van der Waals surface area contributed by atoms with Crippen LogP contribution in [0.15, 0.2) is 60.7 Å². The Labute approximate surface area is 153 Å². The van der Waals surface area contributed by atoms with Gasteiger partial charge in [0.1, 0.15) is 0 Å². The highest BCUT2D eigenvalue weighted by Crippen LogP contribution is 2.38. The number of nitrogens with two attached hydrogens (primary N) is 2. The second-order valence-electron chi connectivity index (χ2n) is 8.26. The number of hydrogen-bond acceptors (Lipinski definition) is 3. The summed E-state index contributed by atoms with van der Waals surface area (Å²) in [4.78, 5) is 0. The first kappa shape index (κ1) is 18.3. The Bertz CT molecular complexity index is 632. The predicted molar refractivity (Wildman–Crippen MR) is 108 cm³/mol. The zero-order valence-electron chi connectivity index (χ0n) is 15.4. The van der Waals surface area contributed by atoms with Gasteiger partial charge in [-0.1, -0.05) is 81.4 Å². The molecule has 0 radical (unpaired) electrons. The third-order valence-electron chi connectivity index (χ3n) is 5.26. The van der Waals surface area contributed by atoms with Crippen LogP contribution in [0.25, 0.3) is 0 Å². The van der Waals surface area contributed by atoms with Crippen LogP contribution in [0, 0.1) is 11.3 Å². The highest BCUT2D eigenvalue weighted by molar-refractivity contribution is 6.80. The van der Waals surface area contributed by atoms with Crippen LogP contribution in [-0.4, -0.2) is 27.2 Å². The molecule has 0 bridgehead atoms. The van der Waals surface area contributed by atoms with Gasteiger partial charge in [0, 0.05) is 18.0 Å². The molecule has 3 unspecified atom stereocenters. The Balaban J connectivity index is 1.93. The summed E-state index contributed by atoms with van der Waals surface area (Å²) in [6.45, 7) is 6.74. The van der Waals surface area contributed by atoms with Crippen LogP contribution in [0.1, 0.15) is 27.2 Å². The molecule has 1 saturated carbocycles. The Morgan fingerprint density at radius 3 is 1.76 bits per heavy atom. The number of benzene rings is 2. The van der Waals surface area contributed by atoms with Gasteiger partial charge in [0.2, 0.25) is 9.04 Å². The molecule has 2 aromatic carbocycles. The second-order valence-corrected chi connectivity index (χ2v) is 10.6. The first-order valence-corrected chi connectivity index (χ1v) is 10.8. The highest BCUT2D eigenvalue weighted by atomic mass is 28.3. The van der Waals surface area contributed by atoms with Crippen molar-refractivity contribution >= 4 is 19.4 Å². The molecule has 4 atom stereocenters. The molecule has 0 saturated heterocycles. The average molecular weight is 355 g/mol. The maximum absolute atomic E-state index is 6.91. The van der Waals surface area contributed by atoms with E-state index in [1.807, 2.05) is 0 Å². The van der Waals surface area contributed by atoms with Crippen molar-refractivity contribution in [3.63, 3.8) is 0 Å². The van der Waals surface area contributed by atoms with E-state index in [0.29, 0.717) is 5.92 Å². The molecule has 134 valence electrons. The van der Waals surface area contributed by atoms with Crippen molar-refractivity contribution in [3.05, 3.63) is 60.7 Å². The number of hydrogen-bond donors (Lipinski definition) is 2. The molecule has 0 spiro atoms. The largest absolute Gasteiger partial charge is 0.407 e. The highest BCUT2D eigenvalue weighted by Gasteiger charge is 2.46. The molecule has 1 aliphatic rings. The Hall–Kier alpha value is -1.46. The summed E-state index contributed by atoms with van der Waals surface area (Å²) in [5, 5.41) is 2.61. The fraction of sp³-hybridized carbons (Fsp3) is 0.429. The Morgan fingerprint density at radius 1 is 0.920 bits per heavy atom. The molecule has 0 aliphatic heterocycles. The topological polar surface area (TPSA) is 61.3 Å². The van der Waals surface area contributed by atoms with Crippen LogP contribution >= 0.6 is 0 Å². The minimum absolute atomic E-state index is 0.0250. The van der Waals surface area contributed by atoms with E-state index in [9.17, 15) is 0 Å². The summed E-state index contributed by atoms with van der Waals surface area (Å²) in [6.07, 6.45) is 1.06. The molecular weight excluding hydrogens is 324 g/mol. The molecule has 25 heavy (non-hydrogen) atoms. The third-order valence-corrected chi connectivity index (χ3v) is 7.81. The van der Waals surface area contributed by atoms with Gasteiger partial charge in [-0.25, -0.2) is 0 Å². The van der Waals surface area contributed by atoms with E-state index in [1.54, 1.807) is 0 Å². The molecule has 1 fully saturated rings. The fourth-order valence-electron chi connectivity index (χ4n) is 3.77. The molecule has 3 nitrogen and oxygen atoms in total. The van der Waals surface area contributed by atoms with E-state index in [2.05, 4.69) is 81.4 Å². The molecule has 0 aromatic heterocycles. The summed E-state index contributed by atoms with van der Waals surface area (Å²) in [6, 6.07) is 21.4. The van der Waals surface area contributed by atoms with E-state index in [1.165, 1.54) is 10.4 Å². The van der Waals surface area contributed by atoms with Crippen molar-refractivity contribution in [1.29, 1.82) is 0 Å². The monoisotopic (exact) mass is 354 g/mol. The van der Waals surface area contributed by atoms with E-state index < -0.39 is 9.04 Å². The summed E-state index contributed by atoms with van der Waals surface area (Å²) in [5.74, 6) is 0.331. The van der Waals surface area contributed by atoms with Gasteiger partial charge in [-0.2, -0.15) is 0 Å². The van der Waals surface area contributed by atoms with E-state index in [0.717, 1.165) is 6.42 Å². The first-order valence-electron chi connectivity index (χ1n) is 9.14. The molecular formula is C21H30N2OSi. The van der Waals surface area contributed by atoms with Gasteiger partial charge < -0.3 is 15.9 Å². The van der Waals surface area contributed by atoms with Crippen molar-refractivity contribution < 1.29 is 4.43 Å². The van der Waals surface area contributed by atoms with Gasteiger partial charge in [-0.3, -0.25) is 0 Å². The van der Waals surface area contributed by atoms with Crippen LogP contribution in [0.4, 0.5) is 0 Å². The summed E-state index contributed by atoms with van der Waals surface area (Å²) in [5.41, 5.74) is 12.4. The SMILES string of the molecule is CC(C)(C)C(O[SiH](c1ccccc1)c1ccccc1)C1C[C@H](N)C1N. The predicted octanol–water partition coefficient (Wildman–Crippen LogP) is 1.63. The smallest absolute Gasteiger partial charge is 0.240 e. The fourth-order valence-corrected chi connectivity index (χ4v) is 6.52. The maximum Gasteiger partial charge on any atom is 0.240 e. The first-order chi connectivity index (χ1) is 11.9. The molecule has 4 N–H and O–H groups in total. The van der Waals surface area contributed by atoms with Gasteiger partial charge in [-0.15, -0.1) is 0 Å². The quantitative estimate of drug-likeness (QED) is 0.802. The minimum Gasteiger partial charge on any atom is -0.407 e. The standard InChI is InChI=1S/C21H30N2OSi/c1-21(2,3)20(17-14-18(22)19(17)23)24-25(15-10-6-4-7-11-15)16-12-8-5-9-13-16/h4-13,17-20,25H,14,22-23H2,1-3H3/t17?,18-,19?,20?/m0/s1. The lowest BCUT2D eigenvalue weighted by molar-refractivity contribution is -0.0179. The van der Waals surface area contributed by atoms with Crippen molar-refractivity contribution in [3.8, 4) is 0 Å².